The van der Waals surface area contributed by atoms with Gasteiger partial charge in [-0.2, -0.15) is 12.6 Å². The first-order valence-electron chi connectivity index (χ1n) is 10.8. The fraction of sp³-hybridized carbons (Fsp3) is 0.565. The van der Waals surface area contributed by atoms with Gasteiger partial charge >= 0.3 is 0 Å². The number of pyridine rings is 1. The van der Waals surface area contributed by atoms with Crippen molar-refractivity contribution >= 4 is 29.4 Å². The molecule has 2 aromatic rings. The largest absolute Gasteiger partial charge is 0.494 e. The van der Waals surface area contributed by atoms with Crippen LogP contribution in [0.4, 0.5) is 0 Å². The molecule has 1 aromatic carbocycles. The number of ether oxygens (including phenoxy) is 1. The Morgan fingerprint density at radius 1 is 1.14 bits per heavy atom. The molecule has 1 heterocycles. The highest BCUT2D eigenvalue weighted by Gasteiger charge is 2.20. The van der Waals surface area contributed by atoms with Crippen LogP contribution < -0.4 is 10.3 Å². The van der Waals surface area contributed by atoms with Gasteiger partial charge in [-0.3, -0.25) is 9.59 Å². The molecule has 0 bridgehead atoms. The van der Waals surface area contributed by atoms with Gasteiger partial charge in [-0.25, -0.2) is 0 Å². The van der Waals surface area contributed by atoms with Crippen molar-refractivity contribution in [1.29, 1.82) is 0 Å². The van der Waals surface area contributed by atoms with Gasteiger partial charge in [0.25, 0.3) is 0 Å². The zero-order chi connectivity index (χ0) is 20.5. The number of amides is 1. The second kappa shape index (κ2) is 11.3. The molecule has 5 nitrogen and oxygen atoms in total. The Labute approximate surface area is 178 Å². The molecule has 6 heteroatoms. The van der Waals surface area contributed by atoms with Crippen molar-refractivity contribution in [2.45, 2.75) is 51.4 Å². The van der Waals surface area contributed by atoms with E-state index in [9.17, 15) is 9.59 Å². The normalized spacial score (nSPS) is 14.8. The van der Waals surface area contributed by atoms with Crippen molar-refractivity contribution in [2.24, 2.45) is 5.92 Å². The van der Waals surface area contributed by atoms with E-state index < -0.39 is 0 Å². The fourth-order valence-corrected chi connectivity index (χ4v) is 4.31. The van der Waals surface area contributed by atoms with Crippen molar-refractivity contribution in [3.05, 3.63) is 40.7 Å². The van der Waals surface area contributed by atoms with Crippen molar-refractivity contribution in [2.75, 3.05) is 25.4 Å². The van der Waals surface area contributed by atoms with Gasteiger partial charge in [0, 0.05) is 42.2 Å². The third kappa shape index (κ3) is 6.81. The lowest BCUT2D eigenvalue weighted by atomic mass is 9.89. The van der Waals surface area contributed by atoms with E-state index >= 15 is 0 Å². The molecule has 158 valence electrons. The Morgan fingerprint density at radius 3 is 2.76 bits per heavy atom. The van der Waals surface area contributed by atoms with Gasteiger partial charge < -0.3 is 14.6 Å². The fourth-order valence-electron chi connectivity index (χ4n) is 4.07. The van der Waals surface area contributed by atoms with Crippen molar-refractivity contribution in [3.63, 3.8) is 0 Å². The maximum Gasteiger partial charge on any atom is 0.248 e. The van der Waals surface area contributed by atoms with Crippen LogP contribution in [0.1, 0.15) is 51.4 Å². The zero-order valence-electron chi connectivity index (χ0n) is 17.1. The van der Waals surface area contributed by atoms with Gasteiger partial charge in [0.05, 0.1) is 6.61 Å². The lowest BCUT2D eigenvalue weighted by molar-refractivity contribution is -0.131. The summed E-state index contributed by atoms with van der Waals surface area (Å²) in [5.74, 6) is 2.41. The average Bonchev–Trinajstić information content (AvgIpc) is 2.74. The molecule has 1 saturated carbocycles. The smallest absolute Gasteiger partial charge is 0.248 e. The molecule has 1 aliphatic carbocycles. The van der Waals surface area contributed by atoms with E-state index in [4.69, 9.17) is 4.74 Å². The number of nitrogens with one attached hydrogen (secondary N) is 1. The van der Waals surface area contributed by atoms with E-state index in [2.05, 4.69) is 17.6 Å². The minimum atomic E-state index is -0.105. The lowest BCUT2D eigenvalue weighted by Gasteiger charge is -2.29. The topological polar surface area (TPSA) is 62.4 Å². The summed E-state index contributed by atoms with van der Waals surface area (Å²) in [6.45, 7) is 2.22. The maximum absolute atomic E-state index is 12.6. The number of H-pyrrole nitrogens is 1. The third-order valence-corrected chi connectivity index (χ3v) is 5.87. The van der Waals surface area contributed by atoms with E-state index in [1.165, 1.54) is 38.2 Å². The number of thiol groups is 1. The van der Waals surface area contributed by atoms with Crippen LogP contribution in [-0.4, -0.2) is 41.2 Å². The molecule has 1 N–H and O–H groups in total. The summed E-state index contributed by atoms with van der Waals surface area (Å²) in [5.41, 5.74) is 0.698. The molecule has 0 aliphatic heterocycles. The number of nitrogens with zero attached hydrogens (tertiary/aromatic N) is 1. The molecule has 0 spiro atoms. The molecule has 1 fully saturated rings. The number of aromatic nitrogens is 1. The van der Waals surface area contributed by atoms with Gasteiger partial charge in [0.1, 0.15) is 5.75 Å². The Kier molecular flexibility index (Phi) is 8.47. The molecule has 0 radical (unpaired) electrons. The highest BCUT2D eigenvalue weighted by atomic mass is 32.1. The highest BCUT2D eigenvalue weighted by Crippen LogP contribution is 2.25. The average molecular weight is 417 g/mol. The predicted molar refractivity (Wildman–Crippen MR) is 121 cm³/mol. The Morgan fingerprint density at radius 2 is 1.97 bits per heavy atom. The number of fused-ring (bicyclic) bond motifs is 1. The molecular formula is C23H32N2O3S. The Balaban J connectivity index is 1.39. The third-order valence-electron chi connectivity index (χ3n) is 5.67. The van der Waals surface area contributed by atoms with E-state index in [-0.39, 0.29) is 11.5 Å². The van der Waals surface area contributed by atoms with Crippen molar-refractivity contribution in [3.8, 4) is 5.75 Å². The highest BCUT2D eigenvalue weighted by molar-refractivity contribution is 7.80. The maximum atomic E-state index is 12.6. The SMILES string of the molecule is O=C(CCCCOc1ccc2[nH]c(=O)ccc2c1)N(CCS)CC1CCCCC1. The van der Waals surface area contributed by atoms with Crippen LogP contribution in [0.5, 0.6) is 5.75 Å². The minimum Gasteiger partial charge on any atom is -0.494 e. The monoisotopic (exact) mass is 416 g/mol. The van der Waals surface area contributed by atoms with E-state index in [1.807, 2.05) is 23.1 Å². The van der Waals surface area contributed by atoms with Crippen LogP contribution in [0.25, 0.3) is 10.9 Å². The zero-order valence-corrected chi connectivity index (χ0v) is 18.0. The molecule has 1 amide bonds. The standard InChI is InChI=1S/C23H32N2O3S/c26-22-12-9-19-16-20(10-11-21(19)24-22)28-14-5-4-8-23(27)25(13-15-29)17-18-6-2-1-3-7-18/h9-12,16,18,29H,1-8,13-15,17H2,(H,24,26). The molecule has 0 atom stereocenters. The molecule has 1 aromatic heterocycles. The van der Waals surface area contributed by atoms with Crippen LogP contribution in [0.3, 0.4) is 0 Å². The lowest BCUT2D eigenvalue weighted by Crippen LogP contribution is -2.37. The van der Waals surface area contributed by atoms with E-state index in [0.717, 1.165) is 48.3 Å². The van der Waals surface area contributed by atoms with E-state index in [1.54, 1.807) is 6.07 Å². The van der Waals surface area contributed by atoms with Crippen LogP contribution in [0, 0.1) is 5.92 Å². The number of hydrogen-bond donors (Lipinski definition) is 2. The Bertz CT molecular complexity index is 845. The summed E-state index contributed by atoms with van der Waals surface area (Å²) >= 11 is 4.34. The van der Waals surface area contributed by atoms with E-state index in [0.29, 0.717) is 18.9 Å². The first kappa shape index (κ1) is 21.8. The number of carbonyl (C=O) groups is 1. The van der Waals surface area contributed by atoms with Crippen LogP contribution in [-0.2, 0) is 4.79 Å². The number of aromatic amines is 1. The number of benzene rings is 1. The van der Waals surface area contributed by atoms with Crippen molar-refractivity contribution in [1.82, 2.24) is 9.88 Å². The van der Waals surface area contributed by atoms with Gasteiger partial charge in [-0.1, -0.05) is 19.3 Å². The summed E-state index contributed by atoms with van der Waals surface area (Å²) in [7, 11) is 0. The first-order chi connectivity index (χ1) is 14.2. The minimum absolute atomic E-state index is 0.105. The number of hydrogen-bond acceptors (Lipinski definition) is 4. The van der Waals surface area contributed by atoms with Crippen LogP contribution >= 0.6 is 12.6 Å². The molecule has 1 aliphatic rings. The van der Waals surface area contributed by atoms with Crippen molar-refractivity contribution < 1.29 is 9.53 Å². The quantitative estimate of drug-likeness (QED) is 0.445. The van der Waals surface area contributed by atoms with Gasteiger partial charge in [0.15, 0.2) is 0 Å². The summed E-state index contributed by atoms with van der Waals surface area (Å²) in [6, 6.07) is 8.96. The molecule has 3 rings (SSSR count). The summed E-state index contributed by atoms with van der Waals surface area (Å²) in [5, 5.41) is 0.947. The van der Waals surface area contributed by atoms with Gasteiger partial charge in [-0.05, 0) is 55.9 Å². The van der Waals surface area contributed by atoms with Crippen LogP contribution in [0.15, 0.2) is 35.1 Å². The molecule has 29 heavy (non-hydrogen) atoms. The predicted octanol–water partition coefficient (Wildman–Crippen LogP) is 4.42. The second-order valence-electron chi connectivity index (χ2n) is 7.94. The van der Waals surface area contributed by atoms with Crippen LogP contribution in [0.2, 0.25) is 0 Å². The first-order valence-corrected chi connectivity index (χ1v) is 11.4. The molecule has 0 unspecified atom stereocenters. The molecular weight excluding hydrogens is 384 g/mol. The van der Waals surface area contributed by atoms with Gasteiger partial charge in [0.2, 0.25) is 11.5 Å². The summed E-state index contributed by atoms with van der Waals surface area (Å²) in [4.78, 5) is 28.8. The number of carbonyl (C=O) groups excluding carboxylic acids is 1. The second-order valence-corrected chi connectivity index (χ2v) is 8.39. The Hall–Kier alpha value is -1.95. The number of unbranched alkanes of at least 4 members (excludes halogenated alkanes) is 1. The van der Waals surface area contributed by atoms with Gasteiger partial charge in [-0.15, -0.1) is 0 Å². The summed E-state index contributed by atoms with van der Waals surface area (Å²) < 4.78 is 5.83. The molecule has 0 saturated heterocycles. The summed E-state index contributed by atoms with van der Waals surface area (Å²) in [6.07, 6.45) is 8.69. The number of rotatable bonds is 10.